The first-order valence-electron chi connectivity index (χ1n) is 8.46. The molecular weight excluding hydrogens is 368 g/mol. The van der Waals surface area contributed by atoms with E-state index in [0.717, 1.165) is 0 Å². The highest BCUT2D eigenvalue weighted by Crippen LogP contribution is 2.12. The number of esters is 1. The molecular formula is C19H22N2O5S. The first kappa shape index (κ1) is 20.6. The number of carbonyl (C=O) groups is 3. The minimum Gasteiger partial charge on any atom is -0.462 e. The number of carbonyl (C=O) groups excluding carboxylic acids is 3. The number of benzene rings is 1. The summed E-state index contributed by atoms with van der Waals surface area (Å²) in [7, 11) is 0. The van der Waals surface area contributed by atoms with Crippen LogP contribution in [0.1, 0.15) is 34.3 Å². The minimum absolute atomic E-state index is 0.149. The average molecular weight is 390 g/mol. The second-order valence-corrected chi connectivity index (χ2v) is 6.56. The lowest BCUT2D eigenvalue weighted by molar-refractivity contribution is -0.118. The summed E-state index contributed by atoms with van der Waals surface area (Å²) in [5.41, 5.74) is 0.925. The van der Waals surface area contributed by atoms with E-state index in [1.54, 1.807) is 49.0 Å². The third-order valence-corrected chi connectivity index (χ3v) is 4.28. The molecule has 2 N–H and O–H groups in total. The topological polar surface area (TPSA) is 97.6 Å². The zero-order valence-electron chi connectivity index (χ0n) is 15.2. The number of hydrogen-bond acceptors (Lipinski definition) is 6. The van der Waals surface area contributed by atoms with E-state index in [2.05, 4.69) is 10.6 Å². The van der Waals surface area contributed by atoms with E-state index in [9.17, 15) is 14.4 Å². The van der Waals surface area contributed by atoms with Gasteiger partial charge in [0.15, 0.2) is 5.76 Å². The molecule has 0 aliphatic carbocycles. The number of ether oxygens (including phenoxy) is 1. The van der Waals surface area contributed by atoms with Gasteiger partial charge in [-0.15, -0.1) is 0 Å². The van der Waals surface area contributed by atoms with Gasteiger partial charge in [0.1, 0.15) is 6.04 Å². The molecule has 0 aliphatic heterocycles. The number of nitrogens with one attached hydrogen (secondary N) is 2. The first-order valence-corrected chi connectivity index (χ1v) is 9.86. The lowest BCUT2D eigenvalue weighted by Gasteiger charge is -2.17. The molecule has 1 aromatic carbocycles. The molecule has 27 heavy (non-hydrogen) atoms. The predicted molar refractivity (Wildman–Crippen MR) is 104 cm³/mol. The smallest absolute Gasteiger partial charge is 0.338 e. The van der Waals surface area contributed by atoms with Crippen molar-refractivity contribution in [1.29, 1.82) is 0 Å². The molecule has 1 aromatic heterocycles. The Morgan fingerprint density at radius 1 is 1.19 bits per heavy atom. The van der Waals surface area contributed by atoms with Gasteiger partial charge in [-0.25, -0.2) is 4.79 Å². The molecule has 2 aromatic rings. The summed E-state index contributed by atoms with van der Waals surface area (Å²) >= 11 is 1.58. The van der Waals surface area contributed by atoms with Gasteiger partial charge in [-0.05, 0) is 61.8 Å². The molecule has 7 nitrogen and oxygen atoms in total. The van der Waals surface area contributed by atoms with Gasteiger partial charge in [-0.1, -0.05) is 0 Å². The molecule has 1 atom stereocenters. The Morgan fingerprint density at radius 3 is 2.52 bits per heavy atom. The van der Waals surface area contributed by atoms with Crippen molar-refractivity contribution >= 4 is 35.2 Å². The monoisotopic (exact) mass is 390 g/mol. The van der Waals surface area contributed by atoms with Gasteiger partial charge in [0.2, 0.25) is 5.91 Å². The SMILES string of the molecule is CCOC(=O)c1ccc(NC(=O)[C@@H](CCSC)NC(=O)c2ccco2)cc1. The van der Waals surface area contributed by atoms with Crippen molar-refractivity contribution in [2.75, 3.05) is 23.9 Å². The maximum Gasteiger partial charge on any atom is 0.338 e. The number of anilines is 1. The van der Waals surface area contributed by atoms with Gasteiger partial charge in [0.25, 0.3) is 5.91 Å². The summed E-state index contributed by atoms with van der Waals surface area (Å²) in [6, 6.07) is 8.82. The van der Waals surface area contributed by atoms with Crippen LogP contribution in [0.2, 0.25) is 0 Å². The molecule has 8 heteroatoms. The molecule has 0 saturated heterocycles. The molecule has 0 radical (unpaired) electrons. The molecule has 0 bridgehead atoms. The van der Waals surface area contributed by atoms with Gasteiger partial charge < -0.3 is 19.8 Å². The van der Waals surface area contributed by atoms with Crippen molar-refractivity contribution in [2.45, 2.75) is 19.4 Å². The summed E-state index contributed by atoms with van der Waals surface area (Å²) < 4.78 is 9.99. The Hall–Kier alpha value is -2.74. The van der Waals surface area contributed by atoms with Crippen LogP contribution in [0, 0.1) is 0 Å². The molecule has 0 fully saturated rings. The number of thioether (sulfide) groups is 1. The third kappa shape index (κ3) is 6.18. The Balaban J connectivity index is 2.02. The Labute approximate surface area is 161 Å². The normalized spacial score (nSPS) is 11.5. The summed E-state index contributed by atoms with van der Waals surface area (Å²) in [6.07, 6.45) is 3.80. The molecule has 2 rings (SSSR count). The van der Waals surface area contributed by atoms with Crippen molar-refractivity contribution < 1.29 is 23.5 Å². The van der Waals surface area contributed by atoms with E-state index in [1.807, 2.05) is 6.26 Å². The summed E-state index contributed by atoms with van der Waals surface area (Å²) in [5, 5.41) is 5.44. The van der Waals surface area contributed by atoms with Crippen molar-refractivity contribution in [1.82, 2.24) is 5.32 Å². The quantitative estimate of drug-likeness (QED) is 0.639. The second kappa shape index (κ2) is 10.4. The lowest BCUT2D eigenvalue weighted by Crippen LogP contribution is -2.44. The fraction of sp³-hybridized carbons (Fsp3) is 0.316. The zero-order valence-corrected chi connectivity index (χ0v) is 16.0. The van der Waals surface area contributed by atoms with E-state index in [4.69, 9.17) is 9.15 Å². The standard InChI is InChI=1S/C19H22N2O5S/c1-3-25-19(24)13-6-8-14(9-7-13)20-17(22)15(10-12-27-2)21-18(23)16-5-4-11-26-16/h4-9,11,15H,3,10,12H2,1-2H3,(H,20,22)(H,21,23)/t15-/m1/s1. The van der Waals surface area contributed by atoms with Crippen molar-refractivity contribution in [2.24, 2.45) is 0 Å². The fourth-order valence-corrected chi connectivity index (χ4v) is 2.75. The number of hydrogen-bond donors (Lipinski definition) is 2. The molecule has 0 saturated carbocycles. The van der Waals surface area contributed by atoms with E-state index in [0.29, 0.717) is 30.0 Å². The predicted octanol–water partition coefficient (Wildman–Crippen LogP) is 2.95. The van der Waals surface area contributed by atoms with Crippen LogP contribution in [0.25, 0.3) is 0 Å². The van der Waals surface area contributed by atoms with Gasteiger partial charge in [0, 0.05) is 5.69 Å². The number of amides is 2. The summed E-state index contributed by atoms with van der Waals surface area (Å²) in [4.78, 5) is 36.4. The van der Waals surface area contributed by atoms with Gasteiger partial charge in [-0.3, -0.25) is 9.59 Å². The van der Waals surface area contributed by atoms with Crippen molar-refractivity contribution in [3.63, 3.8) is 0 Å². The zero-order chi connectivity index (χ0) is 19.6. The highest BCUT2D eigenvalue weighted by atomic mass is 32.2. The molecule has 0 aliphatic rings. The van der Waals surface area contributed by atoms with E-state index < -0.39 is 17.9 Å². The first-order chi connectivity index (χ1) is 13.0. The highest BCUT2D eigenvalue weighted by molar-refractivity contribution is 7.98. The maximum atomic E-state index is 12.6. The Kier molecular flexibility index (Phi) is 7.94. The van der Waals surface area contributed by atoms with Gasteiger partial charge in [0.05, 0.1) is 18.4 Å². The highest BCUT2D eigenvalue weighted by Gasteiger charge is 2.22. The van der Waals surface area contributed by atoms with Crippen LogP contribution in [0.3, 0.4) is 0 Å². The van der Waals surface area contributed by atoms with E-state index in [1.165, 1.54) is 12.3 Å². The van der Waals surface area contributed by atoms with Gasteiger partial charge in [-0.2, -0.15) is 11.8 Å². The Bertz CT molecular complexity index is 759. The van der Waals surface area contributed by atoms with Crippen LogP contribution in [0.15, 0.2) is 47.1 Å². The minimum atomic E-state index is -0.709. The molecule has 1 heterocycles. The van der Waals surface area contributed by atoms with E-state index in [-0.39, 0.29) is 11.7 Å². The molecule has 144 valence electrons. The summed E-state index contributed by atoms with van der Waals surface area (Å²) in [5.74, 6) is -0.348. The van der Waals surface area contributed by atoms with Gasteiger partial charge >= 0.3 is 5.97 Å². The molecule has 2 amide bonds. The number of rotatable bonds is 9. The largest absolute Gasteiger partial charge is 0.462 e. The van der Waals surface area contributed by atoms with Crippen LogP contribution in [-0.2, 0) is 9.53 Å². The van der Waals surface area contributed by atoms with Crippen molar-refractivity contribution in [3.05, 3.63) is 54.0 Å². The van der Waals surface area contributed by atoms with Crippen LogP contribution in [0.4, 0.5) is 5.69 Å². The molecule has 0 unspecified atom stereocenters. The van der Waals surface area contributed by atoms with Crippen LogP contribution >= 0.6 is 11.8 Å². The van der Waals surface area contributed by atoms with Crippen molar-refractivity contribution in [3.8, 4) is 0 Å². The number of furan rings is 1. The van der Waals surface area contributed by atoms with Crippen LogP contribution in [0.5, 0.6) is 0 Å². The molecule has 0 spiro atoms. The summed E-state index contributed by atoms with van der Waals surface area (Å²) in [6.45, 7) is 2.03. The third-order valence-electron chi connectivity index (χ3n) is 3.64. The lowest BCUT2D eigenvalue weighted by atomic mass is 10.1. The van der Waals surface area contributed by atoms with Crippen LogP contribution in [-0.4, -0.2) is 42.4 Å². The Morgan fingerprint density at radius 2 is 1.93 bits per heavy atom. The average Bonchev–Trinajstić information content (AvgIpc) is 3.20. The second-order valence-electron chi connectivity index (χ2n) is 5.57. The maximum absolute atomic E-state index is 12.6. The van der Waals surface area contributed by atoms with Crippen LogP contribution < -0.4 is 10.6 Å². The fourth-order valence-electron chi connectivity index (χ4n) is 2.28. The van der Waals surface area contributed by atoms with E-state index >= 15 is 0 Å².